The molecule has 0 aliphatic rings. The molecule has 1 amide bonds. The smallest absolute Gasteiger partial charge is 0.234 e. The molecule has 2 heterocycles. The van der Waals surface area contributed by atoms with Crippen molar-refractivity contribution in [2.45, 2.75) is 23.5 Å². The molecule has 0 unspecified atom stereocenters. The number of thioether (sulfide) groups is 2. The topological polar surface area (TPSA) is 73.0 Å². The molecule has 0 aliphatic heterocycles. The van der Waals surface area contributed by atoms with Crippen LogP contribution in [0.1, 0.15) is 11.3 Å². The molecule has 33 heavy (non-hydrogen) atoms. The number of furan rings is 1. The Morgan fingerprint density at radius 1 is 1.09 bits per heavy atom. The minimum Gasteiger partial charge on any atom is -0.469 e. The van der Waals surface area contributed by atoms with Crippen LogP contribution in [0.25, 0.3) is 11.4 Å². The van der Waals surface area contributed by atoms with Gasteiger partial charge in [0.1, 0.15) is 5.76 Å². The predicted octanol–water partition coefficient (Wildman–Crippen LogP) is 5.90. The van der Waals surface area contributed by atoms with Gasteiger partial charge >= 0.3 is 0 Å². The number of amides is 1. The lowest BCUT2D eigenvalue weighted by Crippen LogP contribution is -2.15. The summed E-state index contributed by atoms with van der Waals surface area (Å²) in [4.78, 5) is 13.8. The zero-order valence-electron chi connectivity index (χ0n) is 18.2. The second-order valence-electron chi connectivity index (χ2n) is 7.20. The number of para-hydroxylation sites is 1. The fourth-order valence-electron chi connectivity index (χ4n) is 3.28. The third-order valence-electron chi connectivity index (χ3n) is 4.85. The predicted molar refractivity (Wildman–Crippen MR) is 135 cm³/mol. The van der Waals surface area contributed by atoms with E-state index in [0.29, 0.717) is 11.7 Å². The van der Waals surface area contributed by atoms with E-state index in [1.807, 2.05) is 66.1 Å². The summed E-state index contributed by atoms with van der Waals surface area (Å²) in [5.74, 6) is 2.40. The van der Waals surface area contributed by atoms with Crippen LogP contribution in [0.2, 0.25) is 0 Å². The fourth-order valence-corrected chi connectivity index (χ4v) is 4.77. The van der Waals surface area contributed by atoms with Gasteiger partial charge in [-0.2, -0.15) is 0 Å². The average molecular weight is 477 g/mol. The minimum atomic E-state index is -0.0954. The third-order valence-corrected chi connectivity index (χ3v) is 6.89. The molecule has 0 saturated heterocycles. The highest BCUT2D eigenvalue weighted by Gasteiger charge is 2.19. The van der Waals surface area contributed by atoms with Gasteiger partial charge in [0.05, 0.1) is 29.8 Å². The first-order chi connectivity index (χ1) is 16.2. The second-order valence-corrected chi connectivity index (χ2v) is 9.21. The molecule has 4 aromatic rings. The number of carbonyl (C=O) groups is 1. The quantitative estimate of drug-likeness (QED) is 0.227. The molecule has 2 aromatic carbocycles. The Kier molecular flexibility index (Phi) is 7.70. The van der Waals surface area contributed by atoms with E-state index in [1.54, 1.807) is 18.0 Å². The van der Waals surface area contributed by atoms with Crippen LogP contribution in [-0.2, 0) is 11.3 Å². The van der Waals surface area contributed by atoms with Crippen LogP contribution in [-0.4, -0.2) is 32.2 Å². The van der Waals surface area contributed by atoms with Gasteiger partial charge < -0.3 is 9.73 Å². The van der Waals surface area contributed by atoms with Gasteiger partial charge in [0.2, 0.25) is 5.91 Å². The van der Waals surface area contributed by atoms with E-state index in [9.17, 15) is 4.79 Å². The van der Waals surface area contributed by atoms with Gasteiger partial charge in [0.15, 0.2) is 11.0 Å². The number of aryl methyl sites for hydroxylation is 1. The first-order valence-corrected chi connectivity index (χ1v) is 12.4. The number of anilines is 1. The molecule has 0 radical (unpaired) electrons. The summed E-state index contributed by atoms with van der Waals surface area (Å²) in [7, 11) is 0. The van der Waals surface area contributed by atoms with Crippen LogP contribution in [0.15, 0.2) is 94.1 Å². The molecule has 4 rings (SSSR count). The highest BCUT2D eigenvalue weighted by atomic mass is 32.2. The number of hydrogen-bond donors (Lipinski definition) is 1. The molecule has 0 atom stereocenters. The van der Waals surface area contributed by atoms with E-state index in [4.69, 9.17) is 4.42 Å². The Bertz CT molecular complexity index is 1230. The van der Waals surface area contributed by atoms with E-state index in [1.165, 1.54) is 11.8 Å². The highest BCUT2D eigenvalue weighted by Crippen LogP contribution is 2.29. The summed E-state index contributed by atoms with van der Waals surface area (Å²) in [5, 5.41) is 12.5. The number of nitrogens with zero attached hydrogens (tertiary/aromatic N) is 3. The Labute approximate surface area is 201 Å². The van der Waals surface area contributed by atoms with Crippen molar-refractivity contribution in [1.82, 2.24) is 14.8 Å². The average Bonchev–Trinajstić information content (AvgIpc) is 3.43. The van der Waals surface area contributed by atoms with Crippen LogP contribution in [0.5, 0.6) is 0 Å². The highest BCUT2D eigenvalue weighted by molar-refractivity contribution is 8.00. The Balaban J connectivity index is 1.51. The van der Waals surface area contributed by atoms with Gasteiger partial charge in [-0.05, 0) is 30.7 Å². The molecule has 168 valence electrons. The van der Waals surface area contributed by atoms with E-state index in [-0.39, 0.29) is 11.7 Å². The lowest BCUT2D eigenvalue weighted by atomic mass is 10.2. The molecule has 0 spiro atoms. The van der Waals surface area contributed by atoms with Crippen molar-refractivity contribution in [1.29, 1.82) is 0 Å². The van der Waals surface area contributed by atoms with E-state index >= 15 is 0 Å². The van der Waals surface area contributed by atoms with E-state index < -0.39 is 0 Å². The molecule has 0 bridgehead atoms. The van der Waals surface area contributed by atoms with E-state index in [0.717, 1.165) is 39.0 Å². The van der Waals surface area contributed by atoms with Crippen LogP contribution < -0.4 is 5.32 Å². The summed E-state index contributed by atoms with van der Waals surface area (Å²) < 4.78 is 7.50. The first kappa shape index (κ1) is 22.9. The molecule has 6 nitrogen and oxygen atoms in total. The number of rotatable bonds is 10. The van der Waals surface area contributed by atoms with Crippen LogP contribution in [0, 0.1) is 6.92 Å². The summed E-state index contributed by atoms with van der Waals surface area (Å²) in [5.41, 5.74) is 2.82. The van der Waals surface area contributed by atoms with Crippen LogP contribution >= 0.6 is 23.5 Å². The van der Waals surface area contributed by atoms with Crippen molar-refractivity contribution in [3.8, 4) is 11.4 Å². The first-order valence-electron chi connectivity index (χ1n) is 10.4. The Hall–Kier alpha value is -3.23. The fraction of sp³-hybridized carbons (Fsp3) is 0.160. The van der Waals surface area contributed by atoms with Crippen molar-refractivity contribution in [3.05, 3.63) is 90.9 Å². The largest absolute Gasteiger partial charge is 0.469 e. The van der Waals surface area contributed by atoms with Crippen molar-refractivity contribution in [2.24, 2.45) is 0 Å². The SMILES string of the molecule is C=CCSc1ccccc1NC(=O)CSc1nnc(-c2ccoc2C)n1Cc1ccccc1. The van der Waals surface area contributed by atoms with Crippen molar-refractivity contribution < 1.29 is 9.21 Å². The molecular formula is C25H24N4O2S2. The zero-order valence-corrected chi connectivity index (χ0v) is 19.9. The lowest BCUT2D eigenvalue weighted by molar-refractivity contribution is -0.113. The maximum atomic E-state index is 12.7. The van der Waals surface area contributed by atoms with Crippen LogP contribution in [0.3, 0.4) is 0 Å². The van der Waals surface area contributed by atoms with Crippen LogP contribution in [0.4, 0.5) is 5.69 Å². The number of hydrogen-bond acceptors (Lipinski definition) is 6. The maximum Gasteiger partial charge on any atom is 0.234 e. The van der Waals surface area contributed by atoms with Gasteiger partial charge in [-0.3, -0.25) is 9.36 Å². The number of carbonyl (C=O) groups excluding carboxylic acids is 1. The molecule has 2 aromatic heterocycles. The summed E-state index contributed by atoms with van der Waals surface area (Å²) in [6.45, 7) is 6.26. The van der Waals surface area contributed by atoms with Gasteiger partial charge in [-0.15, -0.1) is 28.5 Å². The number of benzene rings is 2. The summed E-state index contributed by atoms with van der Waals surface area (Å²) >= 11 is 3.00. The molecule has 0 saturated carbocycles. The second kappa shape index (κ2) is 11.1. The van der Waals surface area contributed by atoms with Gasteiger partial charge in [0, 0.05) is 10.6 Å². The number of aromatic nitrogens is 3. The Morgan fingerprint density at radius 2 is 1.88 bits per heavy atom. The zero-order chi connectivity index (χ0) is 23.0. The molecule has 1 N–H and O–H groups in total. The lowest BCUT2D eigenvalue weighted by Gasteiger charge is -2.11. The standard InChI is InChI=1S/C25H24N4O2S2/c1-3-15-32-22-12-8-7-11-21(22)26-23(30)17-33-25-28-27-24(20-13-14-31-18(20)2)29(25)16-19-9-5-4-6-10-19/h3-14H,1,15-17H2,2H3,(H,26,30). The molecule has 8 heteroatoms. The minimum absolute atomic E-state index is 0.0954. The number of nitrogens with one attached hydrogen (secondary N) is 1. The van der Waals surface area contributed by atoms with Crippen molar-refractivity contribution in [2.75, 3.05) is 16.8 Å². The van der Waals surface area contributed by atoms with Crippen molar-refractivity contribution >= 4 is 35.1 Å². The molecule has 0 aliphatic carbocycles. The van der Waals surface area contributed by atoms with Gasteiger partial charge in [-0.25, -0.2) is 0 Å². The molecule has 0 fully saturated rings. The third kappa shape index (κ3) is 5.77. The monoisotopic (exact) mass is 476 g/mol. The summed E-state index contributed by atoms with van der Waals surface area (Å²) in [6.07, 6.45) is 3.49. The van der Waals surface area contributed by atoms with E-state index in [2.05, 4.69) is 34.2 Å². The summed E-state index contributed by atoms with van der Waals surface area (Å²) in [6, 6.07) is 19.8. The van der Waals surface area contributed by atoms with Crippen molar-refractivity contribution in [3.63, 3.8) is 0 Å². The Morgan fingerprint density at radius 3 is 2.64 bits per heavy atom. The normalized spacial score (nSPS) is 10.8. The molecular weight excluding hydrogens is 452 g/mol. The van der Waals surface area contributed by atoms with Gasteiger partial charge in [-0.1, -0.05) is 60.3 Å². The maximum absolute atomic E-state index is 12.7. The van der Waals surface area contributed by atoms with Gasteiger partial charge in [0.25, 0.3) is 0 Å².